The van der Waals surface area contributed by atoms with Crippen LogP contribution in [0.25, 0.3) is 0 Å². The Morgan fingerprint density at radius 1 is 1.18 bits per heavy atom. The van der Waals surface area contributed by atoms with Crippen molar-refractivity contribution in [3.8, 4) is 5.75 Å². The van der Waals surface area contributed by atoms with Gasteiger partial charge in [-0.05, 0) is 37.2 Å². The zero-order valence-corrected chi connectivity index (χ0v) is 17.1. The molecule has 2 N–H and O–H groups in total. The number of rotatable bonds is 9. The second-order valence-corrected chi connectivity index (χ2v) is 6.74. The van der Waals surface area contributed by atoms with E-state index < -0.39 is 6.04 Å². The third-order valence-electron chi connectivity index (χ3n) is 4.44. The van der Waals surface area contributed by atoms with Crippen LogP contribution in [-0.4, -0.2) is 43.0 Å². The number of nitrogens with one attached hydrogen (secondary N) is 2. The first-order chi connectivity index (χ1) is 13.4. The first-order valence-electron chi connectivity index (χ1n) is 9.13. The molecule has 2 aromatic rings. The third-order valence-corrected chi connectivity index (χ3v) is 4.81. The standard InChI is InChI=1S/C21H26ClN3O3/c1-4-25(14-20(26)24-17-9-7-10-18(12-17)28-3)15(2)21(27)23-13-16-8-5-6-11-19(16)22/h5-12,15H,4,13-14H2,1-3H3,(H,23,27)(H,24,26). The molecule has 0 aliphatic carbocycles. The van der Waals surface area contributed by atoms with Crippen LogP contribution >= 0.6 is 11.6 Å². The van der Waals surface area contributed by atoms with Crippen molar-refractivity contribution in [2.24, 2.45) is 0 Å². The molecule has 0 radical (unpaired) electrons. The smallest absolute Gasteiger partial charge is 0.238 e. The second kappa shape index (κ2) is 10.7. The predicted molar refractivity (Wildman–Crippen MR) is 112 cm³/mol. The molecule has 2 rings (SSSR count). The fourth-order valence-corrected chi connectivity index (χ4v) is 2.95. The summed E-state index contributed by atoms with van der Waals surface area (Å²) in [7, 11) is 1.57. The van der Waals surface area contributed by atoms with Crippen LogP contribution in [0.1, 0.15) is 19.4 Å². The van der Waals surface area contributed by atoms with Crippen LogP contribution in [-0.2, 0) is 16.1 Å². The number of carbonyl (C=O) groups is 2. The maximum Gasteiger partial charge on any atom is 0.238 e. The Morgan fingerprint density at radius 3 is 2.61 bits per heavy atom. The normalized spacial score (nSPS) is 11.8. The Kier molecular flexibility index (Phi) is 8.29. The number of ether oxygens (including phenoxy) is 1. The van der Waals surface area contributed by atoms with E-state index in [1.807, 2.05) is 25.1 Å². The topological polar surface area (TPSA) is 70.7 Å². The molecule has 1 atom stereocenters. The molecule has 6 nitrogen and oxygen atoms in total. The summed E-state index contributed by atoms with van der Waals surface area (Å²) < 4.78 is 5.16. The van der Waals surface area contributed by atoms with Gasteiger partial charge in [0.15, 0.2) is 0 Å². The fourth-order valence-electron chi connectivity index (χ4n) is 2.75. The van der Waals surface area contributed by atoms with Crippen molar-refractivity contribution in [1.82, 2.24) is 10.2 Å². The highest BCUT2D eigenvalue weighted by atomic mass is 35.5. The molecule has 28 heavy (non-hydrogen) atoms. The number of hydrogen-bond acceptors (Lipinski definition) is 4. The average molecular weight is 404 g/mol. The number of likely N-dealkylation sites (N-methyl/N-ethyl adjacent to an activating group) is 1. The maximum atomic E-state index is 12.5. The summed E-state index contributed by atoms with van der Waals surface area (Å²) >= 11 is 6.12. The van der Waals surface area contributed by atoms with Gasteiger partial charge in [-0.1, -0.05) is 42.8 Å². The van der Waals surface area contributed by atoms with Gasteiger partial charge in [0.05, 0.1) is 19.7 Å². The SMILES string of the molecule is CCN(CC(=O)Nc1cccc(OC)c1)C(C)C(=O)NCc1ccccc1Cl. The van der Waals surface area contributed by atoms with Crippen LogP contribution in [0.15, 0.2) is 48.5 Å². The van der Waals surface area contributed by atoms with Crippen LogP contribution in [0.2, 0.25) is 5.02 Å². The van der Waals surface area contributed by atoms with Crippen LogP contribution in [0, 0.1) is 0 Å². The van der Waals surface area contributed by atoms with Crippen LogP contribution < -0.4 is 15.4 Å². The van der Waals surface area contributed by atoms with Gasteiger partial charge in [-0.15, -0.1) is 0 Å². The lowest BCUT2D eigenvalue weighted by Crippen LogP contribution is -2.47. The van der Waals surface area contributed by atoms with Crippen molar-refractivity contribution in [2.45, 2.75) is 26.4 Å². The number of hydrogen-bond donors (Lipinski definition) is 2. The number of anilines is 1. The minimum Gasteiger partial charge on any atom is -0.497 e. The van der Waals surface area contributed by atoms with Gasteiger partial charge in [0.25, 0.3) is 0 Å². The molecule has 0 saturated heterocycles. The van der Waals surface area contributed by atoms with Crippen LogP contribution in [0.5, 0.6) is 5.75 Å². The molecule has 0 heterocycles. The van der Waals surface area contributed by atoms with Crippen molar-refractivity contribution < 1.29 is 14.3 Å². The van der Waals surface area contributed by atoms with E-state index in [9.17, 15) is 9.59 Å². The molecule has 0 fully saturated rings. The van der Waals surface area contributed by atoms with E-state index in [-0.39, 0.29) is 18.4 Å². The van der Waals surface area contributed by atoms with Crippen molar-refractivity contribution >= 4 is 29.1 Å². The summed E-state index contributed by atoms with van der Waals surface area (Å²) in [6.07, 6.45) is 0. The van der Waals surface area contributed by atoms with Gasteiger partial charge in [-0.3, -0.25) is 14.5 Å². The molecule has 1 unspecified atom stereocenters. The minimum atomic E-state index is -0.455. The van der Waals surface area contributed by atoms with Gasteiger partial charge in [0.1, 0.15) is 5.75 Å². The lowest BCUT2D eigenvalue weighted by Gasteiger charge is -2.26. The van der Waals surface area contributed by atoms with Gasteiger partial charge in [-0.2, -0.15) is 0 Å². The number of halogens is 1. The Hall–Kier alpha value is -2.57. The molecule has 0 aliphatic rings. The molecule has 0 saturated carbocycles. The van der Waals surface area contributed by atoms with E-state index >= 15 is 0 Å². The summed E-state index contributed by atoms with van der Waals surface area (Å²) in [4.78, 5) is 26.7. The number of benzene rings is 2. The molecule has 0 spiro atoms. The number of nitrogens with zero attached hydrogens (tertiary/aromatic N) is 1. The molecule has 0 bridgehead atoms. The molecule has 150 valence electrons. The number of methoxy groups -OCH3 is 1. The van der Waals surface area contributed by atoms with Gasteiger partial charge in [-0.25, -0.2) is 0 Å². The van der Waals surface area contributed by atoms with E-state index in [1.165, 1.54) is 0 Å². The van der Waals surface area contributed by atoms with Crippen molar-refractivity contribution in [3.05, 3.63) is 59.1 Å². The first-order valence-corrected chi connectivity index (χ1v) is 9.51. The summed E-state index contributed by atoms with van der Waals surface area (Å²) in [5.74, 6) is 0.314. The van der Waals surface area contributed by atoms with Crippen molar-refractivity contribution in [1.29, 1.82) is 0 Å². The fraction of sp³-hybridized carbons (Fsp3) is 0.333. The molecular weight excluding hydrogens is 378 g/mol. The summed E-state index contributed by atoms with van der Waals surface area (Å²) in [6, 6.07) is 14.1. The van der Waals surface area contributed by atoms with E-state index in [0.29, 0.717) is 29.5 Å². The van der Waals surface area contributed by atoms with E-state index in [1.54, 1.807) is 49.3 Å². The van der Waals surface area contributed by atoms with E-state index in [4.69, 9.17) is 16.3 Å². The lowest BCUT2D eigenvalue weighted by atomic mass is 10.2. The predicted octanol–water partition coefficient (Wildman–Crippen LogP) is 3.31. The Morgan fingerprint density at radius 2 is 1.93 bits per heavy atom. The molecule has 7 heteroatoms. The summed E-state index contributed by atoms with van der Waals surface area (Å²) in [5.41, 5.74) is 1.50. The van der Waals surface area contributed by atoms with Gasteiger partial charge in [0.2, 0.25) is 11.8 Å². The van der Waals surface area contributed by atoms with Crippen LogP contribution in [0.4, 0.5) is 5.69 Å². The quantitative estimate of drug-likeness (QED) is 0.673. The van der Waals surface area contributed by atoms with E-state index in [0.717, 1.165) is 5.56 Å². The van der Waals surface area contributed by atoms with Gasteiger partial charge < -0.3 is 15.4 Å². The van der Waals surface area contributed by atoms with Gasteiger partial charge in [0, 0.05) is 23.3 Å². The second-order valence-electron chi connectivity index (χ2n) is 6.33. The Bertz CT molecular complexity index is 813. The number of amides is 2. The Balaban J connectivity index is 1.90. The minimum absolute atomic E-state index is 0.106. The highest BCUT2D eigenvalue weighted by Gasteiger charge is 2.22. The largest absolute Gasteiger partial charge is 0.497 e. The van der Waals surface area contributed by atoms with Gasteiger partial charge >= 0.3 is 0 Å². The zero-order chi connectivity index (χ0) is 20.5. The zero-order valence-electron chi connectivity index (χ0n) is 16.4. The third kappa shape index (κ3) is 6.25. The average Bonchev–Trinajstić information content (AvgIpc) is 2.70. The Labute approximate surface area is 170 Å². The lowest BCUT2D eigenvalue weighted by molar-refractivity contribution is -0.127. The first kappa shape index (κ1) is 21.7. The molecule has 2 aromatic carbocycles. The molecule has 2 amide bonds. The van der Waals surface area contributed by atoms with Crippen molar-refractivity contribution in [3.63, 3.8) is 0 Å². The van der Waals surface area contributed by atoms with Crippen molar-refractivity contribution in [2.75, 3.05) is 25.5 Å². The van der Waals surface area contributed by atoms with E-state index in [2.05, 4.69) is 10.6 Å². The highest BCUT2D eigenvalue weighted by molar-refractivity contribution is 6.31. The highest BCUT2D eigenvalue weighted by Crippen LogP contribution is 2.17. The summed E-state index contributed by atoms with van der Waals surface area (Å²) in [5, 5.41) is 6.32. The maximum absolute atomic E-state index is 12.5. The summed E-state index contributed by atoms with van der Waals surface area (Å²) in [6.45, 7) is 4.71. The molecular formula is C21H26ClN3O3. The number of carbonyl (C=O) groups excluding carboxylic acids is 2. The molecule has 0 aromatic heterocycles. The monoisotopic (exact) mass is 403 g/mol. The molecule has 0 aliphatic heterocycles. The van der Waals surface area contributed by atoms with Crippen LogP contribution in [0.3, 0.4) is 0 Å².